The number of para-hydroxylation sites is 1. The van der Waals surface area contributed by atoms with Gasteiger partial charge in [0.15, 0.2) is 23.3 Å². The van der Waals surface area contributed by atoms with E-state index in [0.717, 1.165) is 67.4 Å². The van der Waals surface area contributed by atoms with Crippen LogP contribution in [-0.4, -0.2) is 24.9 Å². The zero-order valence-electron chi connectivity index (χ0n) is 41.0. The third-order valence-corrected chi connectivity index (χ3v) is 16.2. The van der Waals surface area contributed by atoms with Crippen molar-refractivity contribution in [2.75, 3.05) is 0 Å². The van der Waals surface area contributed by atoms with Gasteiger partial charge in [-0.25, -0.2) is 24.9 Å². The Morgan fingerprint density at radius 2 is 0.658 bits per heavy atom. The maximum Gasteiger partial charge on any atom is 0.164 e. The number of fused-ring (bicyclic) bond motifs is 9. The maximum atomic E-state index is 6.83. The van der Waals surface area contributed by atoms with E-state index >= 15 is 0 Å². The molecule has 5 aliphatic rings. The van der Waals surface area contributed by atoms with Gasteiger partial charge in [0.1, 0.15) is 11.5 Å². The summed E-state index contributed by atoms with van der Waals surface area (Å²) in [5.41, 5.74) is 22.0. The van der Waals surface area contributed by atoms with Crippen LogP contribution in [0.4, 0.5) is 0 Å². The second kappa shape index (κ2) is 16.6. The fourth-order valence-electron chi connectivity index (χ4n) is 12.9. The molecule has 0 saturated heterocycles. The van der Waals surface area contributed by atoms with E-state index in [1.54, 1.807) is 0 Å². The zero-order valence-corrected chi connectivity index (χ0v) is 41.0. The van der Waals surface area contributed by atoms with Crippen LogP contribution in [-0.2, 0) is 5.41 Å². The molecule has 1 spiro atoms. The summed E-state index contributed by atoms with van der Waals surface area (Å²) in [6.07, 6.45) is 0. The van der Waals surface area contributed by atoms with E-state index in [1.807, 2.05) is 42.5 Å². The number of rotatable bonds is 6. The largest absolute Gasteiger partial charge is 0.457 e. The average molecular weight is 970 g/mol. The van der Waals surface area contributed by atoms with Crippen LogP contribution in [0.5, 0.6) is 11.5 Å². The molecule has 0 fully saturated rings. The van der Waals surface area contributed by atoms with E-state index in [1.165, 1.54) is 55.6 Å². The Bertz CT molecular complexity index is 4240. The monoisotopic (exact) mass is 969 g/mol. The first kappa shape index (κ1) is 42.6. The molecule has 76 heavy (non-hydrogen) atoms. The molecule has 0 N–H and O–H groups in total. The molecule has 4 aliphatic carbocycles. The van der Waals surface area contributed by atoms with Crippen LogP contribution in [0.1, 0.15) is 67.5 Å². The first-order valence-corrected chi connectivity index (χ1v) is 26.0. The topological polar surface area (TPSA) is 73.7 Å². The van der Waals surface area contributed by atoms with Crippen molar-refractivity contribution in [3.63, 3.8) is 0 Å². The second-order valence-electron chi connectivity index (χ2n) is 20.2. The number of hydrogen-bond donors (Lipinski definition) is 0. The summed E-state index contributed by atoms with van der Waals surface area (Å²) in [6.45, 7) is 0. The van der Waals surface area contributed by atoms with E-state index in [9.17, 15) is 0 Å². The Kier molecular flexibility index (Phi) is 9.27. The van der Waals surface area contributed by atoms with Crippen molar-refractivity contribution in [3.05, 3.63) is 304 Å². The van der Waals surface area contributed by atoms with E-state index in [2.05, 4.69) is 206 Å². The molecule has 6 nitrogen and oxygen atoms in total. The molecular formula is C70H43N5O. The molecule has 1 aliphatic heterocycles. The lowest BCUT2D eigenvalue weighted by Crippen LogP contribution is -2.32. The smallest absolute Gasteiger partial charge is 0.164 e. The lowest BCUT2D eigenvalue weighted by molar-refractivity contribution is 0.436. The maximum absolute atomic E-state index is 6.83. The molecule has 2 aromatic heterocycles. The minimum absolute atomic E-state index is 0.0186. The van der Waals surface area contributed by atoms with Gasteiger partial charge in [-0.05, 0) is 98.1 Å². The minimum atomic E-state index is -0.599. The molecule has 2 atom stereocenters. The highest BCUT2D eigenvalue weighted by Gasteiger charge is 2.51. The Hall–Kier alpha value is -9.91. The van der Waals surface area contributed by atoms with Crippen molar-refractivity contribution in [2.24, 2.45) is 0 Å². The van der Waals surface area contributed by atoms with Crippen molar-refractivity contribution < 1.29 is 4.74 Å². The highest BCUT2D eigenvalue weighted by molar-refractivity contribution is 5.89. The first-order chi connectivity index (χ1) is 37.7. The minimum Gasteiger partial charge on any atom is -0.457 e. The van der Waals surface area contributed by atoms with Gasteiger partial charge in [0.05, 0.1) is 16.8 Å². The van der Waals surface area contributed by atoms with E-state index in [-0.39, 0.29) is 11.8 Å². The number of benzene rings is 10. The van der Waals surface area contributed by atoms with Crippen LogP contribution >= 0.6 is 0 Å². The van der Waals surface area contributed by atoms with Crippen molar-refractivity contribution >= 4 is 0 Å². The molecule has 354 valence electrons. The normalized spacial score (nSPS) is 15.3. The summed E-state index contributed by atoms with van der Waals surface area (Å²) in [5, 5.41) is 0. The molecule has 0 radical (unpaired) electrons. The van der Waals surface area contributed by atoms with Gasteiger partial charge in [-0.3, -0.25) is 0 Å². The van der Waals surface area contributed by atoms with Gasteiger partial charge in [-0.15, -0.1) is 0 Å². The number of aromatic nitrogens is 5. The Morgan fingerprint density at radius 3 is 1.22 bits per heavy atom. The second-order valence-corrected chi connectivity index (χ2v) is 20.2. The highest BCUT2D eigenvalue weighted by atomic mass is 16.5. The van der Waals surface area contributed by atoms with Crippen LogP contribution in [0.25, 0.3) is 79.2 Å². The predicted molar refractivity (Wildman–Crippen MR) is 300 cm³/mol. The lowest BCUT2D eigenvalue weighted by Gasteiger charge is -2.42. The van der Waals surface area contributed by atoms with Gasteiger partial charge in [0.2, 0.25) is 0 Å². The summed E-state index contributed by atoms with van der Waals surface area (Å²) < 4.78 is 6.83. The van der Waals surface area contributed by atoms with E-state index in [0.29, 0.717) is 23.3 Å². The van der Waals surface area contributed by atoms with Gasteiger partial charge in [0, 0.05) is 56.3 Å². The molecule has 12 aromatic rings. The molecule has 0 amide bonds. The zero-order chi connectivity index (χ0) is 49.9. The molecule has 10 aromatic carbocycles. The Balaban J connectivity index is 0.838. The van der Waals surface area contributed by atoms with Gasteiger partial charge in [-0.1, -0.05) is 206 Å². The molecule has 0 saturated carbocycles. The first-order valence-electron chi connectivity index (χ1n) is 26.0. The summed E-state index contributed by atoms with van der Waals surface area (Å²) in [6, 6.07) is 88.5. The van der Waals surface area contributed by atoms with Crippen molar-refractivity contribution in [1.82, 2.24) is 24.9 Å². The van der Waals surface area contributed by atoms with Crippen LogP contribution in [0, 0.1) is 0 Å². The van der Waals surface area contributed by atoms with Crippen LogP contribution < -0.4 is 4.74 Å². The van der Waals surface area contributed by atoms with E-state index in [4.69, 9.17) is 29.7 Å². The number of hydrogen-bond acceptors (Lipinski definition) is 6. The third-order valence-electron chi connectivity index (χ3n) is 16.2. The van der Waals surface area contributed by atoms with Gasteiger partial charge in [-0.2, -0.15) is 0 Å². The molecule has 17 rings (SSSR count). The summed E-state index contributed by atoms with van der Waals surface area (Å²) in [4.78, 5) is 26.0. The summed E-state index contributed by atoms with van der Waals surface area (Å²) >= 11 is 0. The molecular weight excluding hydrogens is 927 g/mol. The number of nitrogens with zero attached hydrogens (tertiary/aromatic N) is 5. The molecule has 3 heterocycles. The quantitative estimate of drug-likeness (QED) is 0.165. The van der Waals surface area contributed by atoms with Crippen LogP contribution in [0.3, 0.4) is 0 Å². The van der Waals surface area contributed by atoms with Gasteiger partial charge < -0.3 is 4.74 Å². The Morgan fingerprint density at radius 1 is 0.263 bits per heavy atom. The van der Waals surface area contributed by atoms with Crippen molar-refractivity contribution in [1.29, 1.82) is 0 Å². The highest BCUT2D eigenvalue weighted by Crippen LogP contribution is 2.63. The molecule has 2 bridgehead atoms. The van der Waals surface area contributed by atoms with Crippen LogP contribution in [0.15, 0.2) is 249 Å². The van der Waals surface area contributed by atoms with Gasteiger partial charge in [0.25, 0.3) is 0 Å². The molecule has 6 heteroatoms. The fraction of sp³-hybridized carbons (Fsp3) is 0.0429. The van der Waals surface area contributed by atoms with E-state index < -0.39 is 5.41 Å². The summed E-state index contributed by atoms with van der Waals surface area (Å²) in [5.74, 6) is 4.37. The summed E-state index contributed by atoms with van der Waals surface area (Å²) in [7, 11) is 0. The van der Waals surface area contributed by atoms with Gasteiger partial charge >= 0.3 is 0 Å². The third kappa shape index (κ3) is 6.31. The number of ether oxygens (including phenoxy) is 1. The van der Waals surface area contributed by atoms with Crippen molar-refractivity contribution in [2.45, 2.75) is 17.3 Å². The van der Waals surface area contributed by atoms with Crippen LogP contribution in [0.2, 0.25) is 0 Å². The lowest BCUT2D eigenvalue weighted by atomic mass is 9.60. The molecule has 2 unspecified atom stereocenters. The van der Waals surface area contributed by atoms with Crippen molar-refractivity contribution in [3.8, 4) is 90.7 Å². The fourth-order valence-corrected chi connectivity index (χ4v) is 12.9. The predicted octanol–water partition coefficient (Wildman–Crippen LogP) is 16.1. The average Bonchev–Trinajstić information content (AvgIpc) is 3.86. The standard InChI is InChI=1S/C70H43N5O/c1-4-18-42(19-5-1)66-71-60(41-61(72-66)46-34-37-63-59(40-46)70(58-30-16-17-31-62(58)76-63)56-28-14-12-24-48(56)49-25-13-15-29-57(49)70)45-32-35-52-54(38-45)64-50-26-10-11-27-51(50)65(52)55-39-47(33-36-53(55)64)69-74-67(43-20-6-2-7-21-43)73-68(75-69)44-22-8-3-9-23-44/h1-41,64-65H. The Labute approximate surface area is 439 Å². The SMILES string of the molecule is c1ccc(-c2nc(-c3ccc4c(c3)C3c5ccccc5C4c4cc(-c5nc(-c6ccccc6)nc(-c6ccccc6)n5)ccc43)cc(-c3ccc4c(c3)C3(c5ccccc5O4)c4ccccc4-c4ccccc43)n2)cc1.